The summed E-state index contributed by atoms with van der Waals surface area (Å²) in [5.74, 6) is 3.12. The van der Waals surface area contributed by atoms with Gasteiger partial charge in [0, 0.05) is 6.04 Å². The van der Waals surface area contributed by atoms with E-state index in [1.165, 1.54) is 38.5 Å². The quantitative estimate of drug-likeness (QED) is 0.783. The molecule has 5 aliphatic carbocycles. The third-order valence-electron chi connectivity index (χ3n) is 7.49. The Morgan fingerprint density at radius 1 is 0.950 bits per heavy atom. The second-order valence-corrected chi connectivity index (χ2v) is 9.30. The Labute approximate surface area is 125 Å². The lowest BCUT2D eigenvalue weighted by atomic mass is 9.42. The molecule has 0 aliphatic heterocycles. The molecule has 114 valence electrons. The second kappa shape index (κ2) is 4.73. The van der Waals surface area contributed by atoms with Gasteiger partial charge < -0.3 is 5.32 Å². The van der Waals surface area contributed by atoms with Crippen LogP contribution in [0, 0.1) is 28.6 Å². The monoisotopic (exact) mass is 275 g/mol. The molecule has 20 heavy (non-hydrogen) atoms. The normalized spacial score (nSPS) is 49.5. The van der Waals surface area contributed by atoms with Crippen molar-refractivity contribution in [3.8, 4) is 0 Å². The molecular formula is C19H33N. The number of hydrogen-bond donors (Lipinski definition) is 1. The minimum Gasteiger partial charge on any atom is -0.316 e. The van der Waals surface area contributed by atoms with Crippen LogP contribution in [-0.4, -0.2) is 13.1 Å². The summed E-state index contributed by atoms with van der Waals surface area (Å²) in [4.78, 5) is 0. The highest BCUT2D eigenvalue weighted by Crippen LogP contribution is 2.67. The smallest absolute Gasteiger partial charge is 0.0149 e. The Morgan fingerprint density at radius 3 is 2.15 bits per heavy atom. The lowest BCUT2D eigenvalue weighted by Crippen LogP contribution is -2.60. The van der Waals surface area contributed by atoms with Gasteiger partial charge >= 0.3 is 0 Å². The number of nitrogens with one attached hydrogen (secondary N) is 1. The summed E-state index contributed by atoms with van der Waals surface area (Å²) in [5, 5.41) is 3.85. The average Bonchev–Trinajstić information content (AvgIpc) is 2.37. The zero-order chi connectivity index (χ0) is 13.8. The van der Waals surface area contributed by atoms with Crippen LogP contribution in [0.3, 0.4) is 0 Å². The molecule has 0 radical (unpaired) electrons. The maximum Gasteiger partial charge on any atom is 0.0149 e. The van der Waals surface area contributed by atoms with Gasteiger partial charge in [0.05, 0.1) is 0 Å². The first-order valence-electron chi connectivity index (χ1n) is 9.30. The van der Waals surface area contributed by atoms with Crippen LogP contribution >= 0.6 is 0 Å². The fourth-order valence-corrected chi connectivity index (χ4v) is 7.67. The topological polar surface area (TPSA) is 12.0 Å². The van der Waals surface area contributed by atoms with Crippen LogP contribution in [0.2, 0.25) is 0 Å². The molecule has 1 N–H and O–H groups in total. The highest BCUT2D eigenvalue weighted by atomic mass is 14.9. The van der Waals surface area contributed by atoms with E-state index in [1.54, 1.807) is 32.1 Å². The Morgan fingerprint density at radius 2 is 1.60 bits per heavy atom. The summed E-state index contributed by atoms with van der Waals surface area (Å²) < 4.78 is 0. The molecule has 0 aromatic heterocycles. The van der Waals surface area contributed by atoms with Crippen molar-refractivity contribution in [1.82, 2.24) is 5.32 Å². The van der Waals surface area contributed by atoms with E-state index in [0.717, 1.165) is 23.8 Å². The van der Waals surface area contributed by atoms with E-state index in [2.05, 4.69) is 19.3 Å². The standard InChI is InChI=1S/C19H33N/c1-18-9-14-8-15(10-18)12-19(11-14,13-18)17(20-2)16-6-4-3-5-7-16/h14-17,20H,3-13H2,1-2H3. The van der Waals surface area contributed by atoms with Crippen molar-refractivity contribution in [2.45, 2.75) is 83.6 Å². The van der Waals surface area contributed by atoms with Crippen molar-refractivity contribution in [3.05, 3.63) is 0 Å². The zero-order valence-electron chi connectivity index (χ0n) is 13.6. The minimum atomic E-state index is 0.676. The summed E-state index contributed by atoms with van der Waals surface area (Å²) in [7, 11) is 2.26. The van der Waals surface area contributed by atoms with Crippen LogP contribution in [0.4, 0.5) is 0 Å². The molecule has 3 unspecified atom stereocenters. The Bertz CT molecular complexity index is 354. The van der Waals surface area contributed by atoms with E-state index in [0.29, 0.717) is 10.8 Å². The van der Waals surface area contributed by atoms with E-state index >= 15 is 0 Å². The van der Waals surface area contributed by atoms with Crippen molar-refractivity contribution in [1.29, 1.82) is 0 Å². The van der Waals surface area contributed by atoms with Gasteiger partial charge in [-0.15, -0.1) is 0 Å². The van der Waals surface area contributed by atoms with Crippen molar-refractivity contribution in [2.75, 3.05) is 7.05 Å². The molecule has 5 aliphatic rings. The highest BCUT2D eigenvalue weighted by molar-refractivity contribution is 5.10. The molecule has 5 saturated carbocycles. The van der Waals surface area contributed by atoms with Gasteiger partial charge in [0.25, 0.3) is 0 Å². The Balaban J connectivity index is 1.61. The summed E-state index contributed by atoms with van der Waals surface area (Å²) >= 11 is 0. The molecule has 0 spiro atoms. The van der Waals surface area contributed by atoms with E-state index in [4.69, 9.17) is 0 Å². The summed E-state index contributed by atoms with van der Waals surface area (Å²) in [6.45, 7) is 2.62. The van der Waals surface area contributed by atoms with Gasteiger partial charge in [0.15, 0.2) is 0 Å². The van der Waals surface area contributed by atoms with Crippen LogP contribution in [0.25, 0.3) is 0 Å². The average molecular weight is 275 g/mol. The molecule has 0 aromatic rings. The SMILES string of the molecule is CNC(C1CCCCC1)C12CC3CC(CC(C)(C3)C1)C2. The van der Waals surface area contributed by atoms with E-state index < -0.39 is 0 Å². The number of rotatable bonds is 3. The van der Waals surface area contributed by atoms with E-state index in [-0.39, 0.29) is 0 Å². The van der Waals surface area contributed by atoms with Crippen molar-refractivity contribution >= 4 is 0 Å². The first kappa shape index (κ1) is 13.6. The van der Waals surface area contributed by atoms with Gasteiger partial charge in [-0.2, -0.15) is 0 Å². The third kappa shape index (κ3) is 2.07. The molecule has 5 rings (SSSR count). The molecule has 0 amide bonds. The Kier molecular flexibility index (Phi) is 3.22. The van der Waals surface area contributed by atoms with Gasteiger partial charge in [-0.05, 0) is 87.0 Å². The molecule has 3 atom stereocenters. The molecule has 0 heterocycles. The van der Waals surface area contributed by atoms with Gasteiger partial charge in [0.1, 0.15) is 0 Å². The van der Waals surface area contributed by atoms with Gasteiger partial charge in [-0.1, -0.05) is 26.2 Å². The van der Waals surface area contributed by atoms with Crippen molar-refractivity contribution in [3.63, 3.8) is 0 Å². The maximum absolute atomic E-state index is 3.85. The molecule has 1 heteroatoms. The Hall–Kier alpha value is -0.0400. The van der Waals surface area contributed by atoms with Gasteiger partial charge in [-0.3, -0.25) is 0 Å². The largest absolute Gasteiger partial charge is 0.316 e. The lowest BCUT2D eigenvalue weighted by Gasteiger charge is -2.64. The van der Waals surface area contributed by atoms with Crippen molar-refractivity contribution < 1.29 is 0 Å². The molecular weight excluding hydrogens is 242 g/mol. The zero-order valence-corrected chi connectivity index (χ0v) is 13.6. The summed E-state index contributed by atoms with van der Waals surface area (Å²) in [6.07, 6.45) is 16.8. The second-order valence-electron chi connectivity index (χ2n) is 9.30. The number of hydrogen-bond acceptors (Lipinski definition) is 1. The van der Waals surface area contributed by atoms with Crippen LogP contribution in [0.5, 0.6) is 0 Å². The van der Waals surface area contributed by atoms with Crippen molar-refractivity contribution in [2.24, 2.45) is 28.6 Å². The first-order valence-corrected chi connectivity index (χ1v) is 9.30. The van der Waals surface area contributed by atoms with Gasteiger partial charge in [-0.25, -0.2) is 0 Å². The fourth-order valence-electron chi connectivity index (χ4n) is 7.67. The molecule has 4 bridgehead atoms. The molecule has 5 fully saturated rings. The van der Waals surface area contributed by atoms with Crippen LogP contribution < -0.4 is 5.32 Å². The third-order valence-corrected chi connectivity index (χ3v) is 7.49. The van der Waals surface area contributed by atoms with Gasteiger partial charge in [0.2, 0.25) is 0 Å². The minimum absolute atomic E-state index is 0.676. The fraction of sp³-hybridized carbons (Fsp3) is 1.00. The molecule has 0 saturated heterocycles. The molecule has 1 nitrogen and oxygen atoms in total. The highest BCUT2D eigenvalue weighted by Gasteiger charge is 2.58. The van der Waals surface area contributed by atoms with E-state index in [9.17, 15) is 0 Å². The predicted molar refractivity (Wildman–Crippen MR) is 84.6 cm³/mol. The van der Waals surface area contributed by atoms with Crippen LogP contribution in [-0.2, 0) is 0 Å². The lowest BCUT2D eigenvalue weighted by molar-refractivity contribution is -0.127. The first-order chi connectivity index (χ1) is 9.62. The van der Waals surface area contributed by atoms with E-state index in [1.807, 2.05) is 0 Å². The summed E-state index contributed by atoms with van der Waals surface area (Å²) in [5.41, 5.74) is 1.38. The predicted octanol–water partition coefficient (Wildman–Crippen LogP) is 4.76. The van der Waals surface area contributed by atoms with Crippen LogP contribution in [0.1, 0.15) is 77.6 Å². The van der Waals surface area contributed by atoms with Crippen LogP contribution in [0.15, 0.2) is 0 Å². The maximum atomic E-state index is 3.85. The summed E-state index contributed by atoms with van der Waals surface area (Å²) in [6, 6.07) is 0.827. The molecule has 0 aromatic carbocycles.